The van der Waals surface area contributed by atoms with Crippen molar-refractivity contribution < 1.29 is 4.39 Å². The van der Waals surface area contributed by atoms with Crippen molar-refractivity contribution >= 4 is 5.82 Å². The SMILES string of the molecule is Cc1ncnc(N2CCN(CC#N)CC2)c1F. The summed E-state index contributed by atoms with van der Waals surface area (Å²) >= 11 is 0. The largest absolute Gasteiger partial charge is 0.352 e. The summed E-state index contributed by atoms with van der Waals surface area (Å²) in [6.45, 7) is 4.96. The summed E-state index contributed by atoms with van der Waals surface area (Å²) in [5, 5.41) is 8.60. The lowest BCUT2D eigenvalue weighted by molar-refractivity contribution is 0.285. The molecule has 2 heterocycles. The first-order chi connectivity index (χ1) is 8.22. The molecule has 0 aromatic carbocycles. The molecule has 5 nitrogen and oxygen atoms in total. The highest BCUT2D eigenvalue weighted by molar-refractivity contribution is 5.41. The molecule has 0 aliphatic carbocycles. The van der Waals surface area contributed by atoms with Crippen LogP contribution in [0.5, 0.6) is 0 Å². The Balaban J connectivity index is 2.06. The molecule has 0 spiro atoms. The zero-order valence-corrected chi connectivity index (χ0v) is 9.73. The predicted octanol–water partition coefficient (Wildman–Crippen LogP) is 0.570. The van der Waals surface area contributed by atoms with Crippen molar-refractivity contribution in [3.8, 4) is 6.07 Å². The molecule has 1 aliphatic heterocycles. The van der Waals surface area contributed by atoms with Crippen LogP contribution in [-0.2, 0) is 0 Å². The molecule has 0 bridgehead atoms. The molecule has 17 heavy (non-hydrogen) atoms. The lowest BCUT2D eigenvalue weighted by atomic mass is 10.3. The zero-order chi connectivity index (χ0) is 12.3. The molecule has 0 amide bonds. The smallest absolute Gasteiger partial charge is 0.186 e. The van der Waals surface area contributed by atoms with E-state index in [4.69, 9.17) is 5.26 Å². The van der Waals surface area contributed by atoms with E-state index >= 15 is 0 Å². The van der Waals surface area contributed by atoms with E-state index in [1.165, 1.54) is 6.33 Å². The number of nitrogens with zero attached hydrogens (tertiary/aromatic N) is 5. The highest BCUT2D eigenvalue weighted by atomic mass is 19.1. The van der Waals surface area contributed by atoms with Crippen LogP contribution >= 0.6 is 0 Å². The van der Waals surface area contributed by atoms with Gasteiger partial charge in [0.05, 0.1) is 18.3 Å². The maximum atomic E-state index is 13.8. The minimum atomic E-state index is -0.346. The summed E-state index contributed by atoms with van der Waals surface area (Å²) in [6.07, 6.45) is 1.38. The van der Waals surface area contributed by atoms with Gasteiger partial charge in [-0.1, -0.05) is 0 Å². The topological polar surface area (TPSA) is 56.1 Å². The van der Waals surface area contributed by atoms with Gasteiger partial charge in [-0.3, -0.25) is 4.90 Å². The van der Waals surface area contributed by atoms with Gasteiger partial charge in [-0.05, 0) is 6.92 Å². The van der Waals surface area contributed by atoms with Gasteiger partial charge in [-0.2, -0.15) is 5.26 Å². The first kappa shape index (κ1) is 11.7. The lowest BCUT2D eigenvalue weighted by Gasteiger charge is -2.34. The Hall–Kier alpha value is -1.74. The van der Waals surface area contributed by atoms with Crippen LogP contribution in [0.2, 0.25) is 0 Å². The molecular weight excluding hydrogens is 221 g/mol. The van der Waals surface area contributed by atoms with Crippen LogP contribution < -0.4 is 4.90 Å². The lowest BCUT2D eigenvalue weighted by Crippen LogP contribution is -2.47. The fraction of sp³-hybridized carbons (Fsp3) is 0.545. The number of anilines is 1. The normalized spacial score (nSPS) is 16.9. The van der Waals surface area contributed by atoms with Gasteiger partial charge in [0.2, 0.25) is 0 Å². The zero-order valence-electron chi connectivity index (χ0n) is 9.73. The van der Waals surface area contributed by atoms with E-state index in [0.29, 0.717) is 31.1 Å². The minimum absolute atomic E-state index is 0.346. The Kier molecular flexibility index (Phi) is 3.49. The molecule has 0 unspecified atom stereocenters. The molecule has 0 saturated carbocycles. The van der Waals surface area contributed by atoms with E-state index in [1.54, 1.807) is 6.92 Å². The van der Waals surface area contributed by atoms with Crippen molar-refractivity contribution in [3.05, 3.63) is 17.8 Å². The fourth-order valence-electron chi connectivity index (χ4n) is 1.88. The third-order valence-electron chi connectivity index (χ3n) is 2.91. The van der Waals surface area contributed by atoms with Crippen LogP contribution in [0.25, 0.3) is 0 Å². The van der Waals surface area contributed by atoms with E-state index < -0.39 is 0 Å². The number of nitriles is 1. The number of aromatic nitrogens is 2. The Labute approximate surface area is 99.5 Å². The molecule has 0 radical (unpaired) electrons. The average molecular weight is 235 g/mol. The number of aryl methyl sites for hydroxylation is 1. The molecule has 1 fully saturated rings. The van der Waals surface area contributed by atoms with Crippen molar-refractivity contribution in [2.75, 3.05) is 37.6 Å². The Morgan fingerprint density at radius 1 is 1.35 bits per heavy atom. The second kappa shape index (κ2) is 5.06. The van der Waals surface area contributed by atoms with Gasteiger partial charge >= 0.3 is 0 Å². The second-order valence-electron chi connectivity index (χ2n) is 4.02. The molecule has 2 rings (SSSR count). The monoisotopic (exact) mass is 235 g/mol. The van der Waals surface area contributed by atoms with E-state index in [2.05, 4.69) is 16.0 Å². The Morgan fingerprint density at radius 3 is 2.71 bits per heavy atom. The summed E-state index contributed by atoms with van der Waals surface area (Å²) in [6, 6.07) is 2.12. The van der Waals surface area contributed by atoms with E-state index in [-0.39, 0.29) is 5.82 Å². The molecule has 1 aromatic rings. The van der Waals surface area contributed by atoms with Crippen LogP contribution in [0.3, 0.4) is 0 Å². The standard InChI is InChI=1S/C11H14FN5/c1-9-10(12)11(15-8-14-9)17-6-4-16(3-2-13)5-7-17/h8H,3-7H2,1H3. The number of piperazine rings is 1. The van der Waals surface area contributed by atoms with Crippen LogP contribution in [0.4, 0.5) is 10.2 Å². The summed E-state index contributed by atoms with van der Waals surface area (Å²) in [4.78, 5) is 11.7. The molecule has 6 heteroatoms. The summed E-state index contributed by atoms with van der Waals surface area (Å²) < 4.78 is 13.8. The maximum Gasteiger partial charge on any atom is 0.186 e. The fourth-order valence-corrected chi connectivity index (χ4v) is 1.88. The van der Waals surface area contributed by atoms with Crippen LogP contribution in [-0.4, -0.2) is 47.6 Å². The van der Waals surface area contributed by atoms with Crippen LogP contribution in [0, 0.1) is 24.1 Å². The van der Waals surface area contributed by atoms with Crippen molar-refractivity contribution in [2.24, 2.45) is 0 Å². The molecule has 0 atom stereocenters. The van der Waals surface area contributed by atoms with Gasteiger partial charge < -0.3 is 4.90 Å². The van der Waals surface area contributed by atoms with Gasteiger partial charge in [0, 0.05) is 26.2 Å². The van der Waals surface area contributed by atoms with Gasteiger partial charge in [-0.15, -0.1) is 0 Å². The van der Waals surface area contributed by atoms with E-state index in [9.17, 15) is 4.39 Å². The maximum absolute atomic E-state index is 13.8. The summed E-state index contributed by atoms with van der Waals surface area (Å²) in [5.41, 5.74) is 0.370. The molecule has 90 valence electrons. The summed E-state index contributed by atoms with van der Waals surface area (Å²) in [5.74, 6) is 0.0235. The number of rotatable bonds is 2. The van der Waals surface area contributed by atoms with Crippen molar-refractivity contribution in [3.63, 3.8) is 0 Å². The Morgan fingerprint density at radius 2 is 2.06 bits per heavy atom. The molecule has 0 N–H and O–H groups in total. The van der Waals surface area contributed by atoms with Crippen molar-refractivity contribution in [2.45, 2.75) is 6.92 Å². The quantitative estimate of drug-likeness (QED) is 0.701. The highest BCUT2D eigenvalue weighted by Crippen LogP contribution is 2.18. The van der Waals surface area contributed by atoms with Gasteiger partial charge in [0.1, 0.15) is 6.33 Å². The van der Waals surface area contributed by atoms with Crippen molar-refractivity contribution in [1.29, 1.82) is 5.26 Å². The second-order valence-corrected chi connectivity index (χ2v) is 4.02. The van der Waals surface area contributed by atoms with Crippen molar-refractivity contribution in [1.82, 2.24) is 14.9 Å². The first-order valence-electron chi connectivity index (χ1n) is 5.53. The minimum Gasteiger partial charge on any atom is -0.352 e. The molecular formula is C11H14FN5. The van der Waals surface area contributed by atoms with Crippen LogP contribution in [0.15, 0.2) is 6.33 Å². The predicted molar refractivity (Wildman–Crippen MR) is 61.0 cm³/mol. The van der Waals surface area contributed by atoms with Gasteiger partial charge in [0.25, 0.3) is 0 Å². The first-order valence-corrected chi connectivity index (χ1v) is 5.53. The average Bonchev–Trinajstić information content (AvgIpc) is 2.34. The van der Waals surface area contributed by atoms with E-state index in [0.717, 1.165) is 13.1 Å². The number of hydrogen-bond donors (Lipinski definition) is 0. The van der Waals surface area contributed by atoms with Crippen LogP contribution in [0.1, 0.15) is 5.69 Å². The molecule has 1 saturated heterocycles. The Bertz CT molecular complexity index is 434. The third-order valence-corrected chi connectivity index (χ3v) is 2.91. The highest BCUT2D eigenvalue weighted by Gasteiger charge is 2.21. The third kappa shape index (κ3) is 2.50. The molecule has 1 aromatic heterocycles. The summed E-state index contributed by atoms with van der Waals surface area (Å²) in [7, 11) is 0. The van der Waals surface area contributed by atoms with Gasteiger partial charge in [0.15, 0.2) is 11.6 Å². The molecule has 1 aliphatic rings. The van der Waals surface area contributed by atoms with E-state index in [1.807, 2.05) is 9.80 Å². The number of hydrogen-bond acceptors (Lipinski definition) is 5. The number of halogens is 1. The van der Waals surface area contributed by atoms with Gasteiger partial charge in [-0.25, -0.2) is 14.4 Å².